The Kier molecular flexibility index (Phi) is 2.76. The minimum Gasteiger partial charge on any atom is -0.505 e. The maximum Gasteiger partial charge on any atom is 0.154 e. The Bertz CT molecular complexity index is 894. The van der Waals surface area contributed by atoms with Crippen molar-refractivity contribution in [3.63, 3.8) is 0 Å². The SMILES string of the molecule is Oc1c(C2=CC3=CC(S)(S)C=CC3=N2)n(O)c2ccccc12. The predicted octanol–water partition coefficient (Wildman–Crippen LogP) is 3.43. The van der Waals surface area contributed by atoms with E-state index in [0.717, 1.165) is 16.0 Å². The zero-order valence-corrected chi connectivity index (χ0v) is 13.1. The molecule has 110 valence electrons. The lowest BCUT2D eigenvalue weighted by Gasteiger charge is -2.17. The molecule has 0 saturated heterocycles. The summed E-state index contributed by atoms with van der Waals surface area (Å²) in [5.74, 6) is 0.0138. The van der Waals surface area contributed by atoms with Crippen molar-refractivity contribution in [3.05, 3.63) is 59.8 Å². The van der Waals surface area contributed by atoms with Crippen molar-refractivity contribution < 1.29 is 10.3 Å². The third kappa shape index (κ3) is 1.91. The van der Waals surface area contributed by atoms with Gasteiger partial charge in [-0.15, -0.1) is 0 Å². The molecule has 0 amide bonds. The molecule has 1 aromatic carbocycles. The largest absolute Gasteiger partial charge is 0.505 e. The van der Waals surface area contributed by atoms with Crippen molar-refractivity contribution in [3.8, 4) is 5.75 Å². The van der Waals surface area contributed by atoms with E-state index in [9.17, 15) is 10.3 Å². The van der Waals surface area contributed by atoms with Gasteiger partial charge in [-0.05, 0) is 30.4 Å². The summed E-state index contributed by atoms with van der Waals surface area (Å²) in [6.07, 6.45) is 7.33. The summed E-state index contributed by atoms with van der Waals surface area (Å²) >= 11 is 8.82. The van der Waals surface area contributed by atoms with Crippen molar-refractivity contribution in [2.45, 2.75) is 4.08 Å². The lowest BCUT2D eigenvalue weighted by molar-refractivity contribution is 0.195. The van der Waals surface area contributed by atoms with E-state index in [-0.39, 0.29) is 11.4 Å². The molecule has 0 atom stereocenters. The van der Waals surface area contributed by atoms with E-state index in [1.54, 1.807) is 24.3 Å². The monoisotopic (exact) mass is 328 g/mol. The molecule has 0 saturated carbocycles. The van der Waals surface area contributed by atoms with Crippen molar-refractivity contribution >= 4 is 47.6 Å². The number of thiol groups is 2. The topological polar surface area (TPSA) is 57.8 Å². The Balaban J connectivity index is 1.92. The zero-order chi connectivity index (χ0) is 15.5. The number of aromatic nitrogens is 1. The number of hydrogen-bond donors (Lipinski definition) is 4. The van der Waals surface area contributed by atoms with E-state index in [0.29, 0.717) is 16.6 Å². The van der Waals surface area contributed by atoms with Crippen LogP contribution in [0.4, 0.5) is 0 Å². The van der Waals surface area contributed by atoms with E-state index in [1.165, 1.54) is 0 Å². The summed E-state index contributed by atoms with van der Waals surface area (Å²) in [5, 5.41) is 21.3. The molecule has 0 fully saturated rings. The first-order valence-electron chi connectivity index (χ1n) is 6.66. The number of aromatic hydroxyl groups is 1. The van der Waals surface area contributed by atoms with Crippen LogP contribution < -0.4 is 0 Å². The Morgan fingerprint density at radius 2 is 1.95 bits per heavy atom. The van der Waals surface area contributed by atoms with E-state index < -0.39 is 4.08 Å². The fraction of sp³-hybridized carbons (Fsp3) is 0.0625. The average molecular weight is 328 g/mol. The summed E-state index contributed by atoms with van der Waals surface area (Å²) in [4.78, 5) is 4.48. The molecule has 0 radical (unpaired) electrons. The molecule has 4 nitrogen and oxygen atoms in total. The van der Waals surface area contributed by atoms with Gasteiger partial charge < -0.3 is 10.3 Å². The second-order valence-electron chi connectivity index (χ2n) is 5.27. The Morgan fingerprint density at radius 3 is 2.73 bits per heavy atom. The number of allylic oxidation sites excluding steroid dienone is 3. The van der Waals surface area contributed by atoms with Gasteiger partial charge in [-0.2, -0.15) is 30.0 Å². The van der Waals surface area contributed by atoms with Gasteiger partial charge in [-0.25, -0.2) is 4.99 Å². The molecule has 2 heterocycles. The number of aliphatic imine (C=N–C) groups is 1. The van der Waals surface area contributed by atoms with Crippen LogP contribution in [0.25, 0.3) is 16.6 Å². The fourth-order valence-corrected chi connectivity index (χ4v) is 3.16. The van der Waals surface area contributed by atoms with Crippen LogP contribution >= 0.6 is 25.3 Å². The van der Waals surface area contributed by atoms with Gasteiger partial charge in [0, 0.05) is 11.0 Å². The van der Waals surface area contributed by atoms with E-state index in [1.807, 2.05) is 24.3 Å². The number of hydrogen-bond acceptors (Lipinski definition) is 5. The third-order valence-corrected chi connectivity index (χ3v) is 4.31. The van der Waals surface area contributed by atoms with Crippen LogP contribution in [-0.2, 0) is 0 Å². The molecule has 1 aliphatic carbocycles. The van der Waals surface area contributed by atoms with Crippen LogP contribution in [0, 0.1) is 0 Å². The minimum atomic E-state index is -0.631. The summed E-state index contributed by atoms with van der Waals surface area (Å²) in [5.41, 5.74) is 2.95. The summed E-state index contributed by atoms with van der Waals surface area (Å²) in [6.45, 7) is 0. The highest BCUT2D eigenvalue weighted by Crippen LogP contribution is 2.40. The van der Waals surface area contributed by atoms with Crippen LogP contribution in [0.3, 0.4) is 0 Å². The van der Waals surface area contributed by atoms with Crippen molar-refractivity contribution in [1.82, 2.24) is 4.73 Å². The number of rotatable bonds is 1. The van der Waals surface area contributed by atoms with Gasteiger partial charge in [-0.1, -0.05) is 18.2 Å². The normalized spacial score (nSPS) is 18.9. The lowest BCUT2D eigenvalue weighted by atomic mass is 10.0. The first-order chi connectivity index (χ1) is 10.5. The van der Waals surface area contributed by atoms with Crippen molar-refractivity contribution in [1.29, 1.82) is 0 Å². The molecule has 22 heavy (non-hydrogen) atoms. The quantitative estimate of drug-likeness (QED) is 0.368. The van der Waals surface area contributed by atoms with E-state index >= 15 is 0 Å². The highest BCUT2D eigenvalue weighted by Gasteiger charge is 2.27. The van der Waals surface area contributed by atoms with Gasteiger partial charge in [0.25, 0.3) is 0 Å². The first kappa shape index (κ1) is 13.6. The summed E-state index contributed by atoms with van der Waals surface area (Å²) < 4.78 is 0.338. The second kappa shape index (κ2) is 4.47. The molecule has 1 aliphatic heterocycles. The molecule has 2 aromatic rings. The maximum absolute atomic E-state index is 10.4. The predicted molar refractivity (Wildman–Crippen MR) is 94.1 cm³/mol. The third-order valence-electron chi connectivity index (χ3n) is 3.75. The molecular formula is C16H12N2O2S2. The molecular weight excluding hydrogens is 316 g/mol. The van der Waals surface area contributed by atoms with Crippen LogP contribution in [0.2, 0.25) is 0 Å². The van der Waals surface area contributed by atoms with Gasteiger partial charge in [0.05, 0.1) is 21.0 Å². The smallest absolute Gasteiger partial charge is 0.154 e. The molecule has 4 rings (SSSR count). The molecule has 0 spiro atoms. The zero-order valence-electron chi connectivity index (χ0n) is 11.3. The van der Waals surface area contributed by atoms with Crippen molar-refractivity contribution in [2.24, 2.45) is 4.99 Å². The molecule has 0 unspecified atom stereocenters. The molecule has 2 aliphatic rings. The molecule has 0 bridgehead atoms. The summed E-state index contributed by atoms with van der Waals surface area (Å²) in [7, 11) is 0. The molecule has 6 heteroatoms. The standard InChI is InChI=1S/C16H12N2O2S2/c19-15-10-3-1-2-4-13(10)18(20)14(15)12-7-9-8-16(21,22)6-5-11(9)17-12/h1-8,19-22H. The Labute approximate surface area is 137 Å². The highest BCUT2D eigenvalue weighted by atomic mass is 32.2. The number of benzene rings is 1. The number of para-hydroxylation sites is 1. The van der Waals surface area contributed by atoms with Crippen LogP contribution in [0.1, 0.15) is 5.69 Å². The molecule has 1 aromatic heterocycles. The van der Waals surface area contributed by atoms with Gasteiger partial charge >= 0.3 is 0 Å². The Hall–Kier alpha value is -2.05. The lowest BCUT2D eigenvalue weighted by Crippen LogP contribution is -2.13. The van der Waals surface area contributed by atoms with E-state index in [2.05, 4.69) is 30.2 Å². The Morgan fingerprint density at radius 1 is 1.18 bits per heavy atom. The van der Waals surface area contributed by atoms with Gasteiger partial charge in [0.1, 0.15) is 5.69 Å². The number of nitrogens with zero attached hydrogens (tertiary/aromatic N) is 2. The second-order valence-corrected chi connectivity index (χ2v) is 7.10. The average Bonchev–Trinajstić information content (AvgIpc) is 2.98. The first-order valence-corrected chi connectivity index (χ1v) is 7.55. The van der Waals surface area contributed by atoms with Crippen molar-refractivity contribution in [2.75, 3.05) is 0 Å². The fourth-order valence-electron chi connectivity index (χ4n) is 2.73. The van der Waals surface area contributed by atoms with Gasteiger partial charge in [-0.3, -0.25) is 0 Å². The van der Waals surface area contributed by atoms with Crippen LogP contribution in [-0.4, -0.2) is 24.8 Å². The van der Waals surface area contributed by atoms with Crippen LogP contribution in [0.15, 0.2) is 59.1 Å². The van der Waals surface area contributed by atoms with Gasteiger partial charge in [0.15, 0.2) is 5.75 Å². The summed E-state index contributed by atoms with van der Waals surface area (Å²) in [6, 6.07) is 7.10. The minimum absolute atomic E-state index is 0.0138. The van der Waals surface area contributed by atoms with Gasteiger partial charge in [0.2, 0.25) is 0 Å². The number of fused-ring (bicyclic) bond motifs is 2. The molecule has 2 N–H and O–H groups in total. The van der Waals surface area contributed by atoms with Crippen LogP contribution in [0.5, 0.6) is 5.75 Å². The highest BCUT2D eigenvalue weighted by molar-refractivity contribution is 8.01. The van der Waals surface area contributed by atoms with E-state index in [4.69, 9.17) is 0 Å². The maximum atomic E-state index is 10.4.